The average molecular weight is 265 g/mol. The summed E-state index contributed by atoms with van der Waals surface area (Å²) in [4.78, 5) is 12.3. The Hall–Kier alpha value is -1.00. The van der Waals surface area contributed by atoms with E-state index in [4.69, 9.17) is 0 Å². The topological polar surface area (TPSA) is 49.3 Å². The summed E-state index contributed by atoms with van der Waals surface area (Å²) in [5, 5.41) is 13.4. The molecule has 0 aliphatic carbocycles. The number of carbonyl (C=O) groups is 1. The zero-order chi connectivity index (χ0) is 13.2. The monoisotopic (exact) mass is 265 g/mol. The molecule has 0 spiro atoms. The summed E-state index contributed by atoms with van der Waals surface area (Å²) in [6.45, 7) is 4.03. The first-order valence-electron chi connectivity index (χ1n) is 6.31. The van der Waals surface area contributed by atoms with Crippen molar-refractivity contribution in [2.24, 2.45) is 0 Å². The SMILES string of the molecule is CCC1(CC)SC[C@@](O)(c2ccccc2)NC1=O. The van der Waals surface area contributed by atoms with Crippen molar-refractivity contribution < 1.29 is 9.90 Å². The summed E-state index contributed by atoms with van der Waals surface area (Å²) in [5.74, 6) is 0.430. The molecule has 1 fully saturated rings. The summed E-state index contributed by atoms with van der Waals surface area (Å²) in [7, 11) is 0. The minimum atomic E-state index is -1.24. The van der Waals surface area contributed by atoms with Gasteiger partial charge in [0.05, 0.1) is 4.75 Å². The van der Waals surface area contributed by atoms with Crippen molar-refractivity contribution in [3.05, 3.63) is 35.9 Å². The predicted molar refractivity (Wildman–Crippen MR) is 74.3 cm³/mol. The Labute approximate surface area is 112 Å². The van der Waals surface area contributed by atoms with E-state index in [1.54, 1.807) is 11.8 Å². The fourth-order valence-electron chi connectivity index (χ4n) is 2.29. The number of aliphatic hydroxyl groups is 1. The molecule has 2 N–H and O–H groups in total. The van der Waals surface area contributed by atoms with Gasteiger partial charge in [-0.25, -0.2) is 0 Å². The van der Waals surface area contributed by atoms with Gasteiger partial charge in [0.15, 0.2) is 5.72 Å². The maximum absolute atomic E-state index is 12.3. The fraction of sp³-hybridized carbons (Fsp3) is 0.500. The van der Waals surface area contributed by atoms with Gasteiger partial charge in [-0.1, -0.05) is 44.2 Å². The molecule has 1 atom stereocenters. The average Bonchev–Trinajstić information content (AvgIpc) is 2.41. The molecule has 1 aromatic rings. The summed E-state index contributed by atoms with van der Waals surface area (Å²) in [6, 6.07) is 9.31. The van der Waals surface area contributed by atoms with E-state index in [1.807, 2.05) is 44.2 Å². The Bertz CT molecular complexity index is 431. The van der Waals surface area contributed by atoms with E-state index in [1.165, 1.54) is 0 Å². The van der Waals surface area contributed by atoms with Crippen LogP contribution in [0.25, 0.3) is 0 Å². The zero-order valence-electron chi connectivity index (χ0n) is 10.8. The molecule has 18 heavy (non-hydrogen) atoms. The van der Waals surface area contributed by atoms with E-state index in [2.05, 4.69) is 5.32 Å². The summed E-state index contributed by atoms with van der Waals surface area (Å²) in [5.41, 5.74) is -0.497. The molecular weight excluding hydrogens is 246 g/mol. The van der Waals surface area contributed by atoms with E-state index in [0.717, 1.165) is 18.4 Å². The Balaban J connectivity index is 2.25. The van der Waals surface area contributed by atoms with Crippen molar-refractivity contribution in [2.45, 2.75) is 37.2 Å². The van der Waals surface area contributed by atoms with Gasteiger partial charge in [0.1, 0.15) is 0 Å². The second kappa shape index (κ2) is 4.94. The van der Waals surface area contributed by atoms with Crippen molar-refractivity contribution in [1.29, 1.82) is 0 Å². The molecule has 0 unspecified atom stereocenters. The van der Waals surface area contributed by atoms with Crippen LogP contribution in [0.4, 0.5) is 0 Å². The lowest BCUT2D eigenvalue weighted by atomic mass is 9.97. The highest BCUT2D eigenvalue weighted by Gasteiger charge is 2.47. The molecule has 4 heteroatoms. The molecule has 1 amide bonds. The lowest BCUT2D eigenvalue weighted by molar-refractivity contribution is -0.132. The molecular formula is C14H19NO2S. The lowest BCUT2D eigenvalue weighted by Gasteiger charge is -2.42. The number of hydrogen-bond donors (Lipinski definition) is 2. The smallest absolute Gasteiger partial charge is 0.238 e. The second-order valence-electron chi connectivity index (χ2n) is 4.67. The van der Waals surface area contributed by atoms with Crippen LogP contribution in [-0.4, -0.2) is 21.5 Å². The third-order valence-electron chi connectivity index (χ3n) is 3.69. The van der Waals surface area contributed by atoms with Gasteiger partial charge in [-0.05, 0) is 12.8 Å². The molecule has 0 radical (unpaired) electrons. The fourth-order valence-corrected chi connectivity index (χ4v) is 3.60. The number of hydrogen-bond acceptors (Lipinski definition) is 3. The van der Waals surface area contributed by atoms with Crippen molar-refractivity contribution in [3.63, 3.8) is 0 Å². The van der Waals surface area contributed by atoms with Crippen LogP contribution < -0.4 is 5.32 Å². The third-order valence-corrected chi connectivity index (χ3v) is 5.56. The Morgan fingerprint density at radius 1 is 1.28 bits per heavy atom. The van der Waals surface area contributed by atoms with Crippen LogP contribution in [0.15, 0.2) is 30.3 Å². The highest BCUT2D eigenvalue weighted by Crippen LogP contribution is 2.41. The van der Waals surface area contributed by atoms with Crippen molar-refractivity contribution >= 4 is 17.7 Å². The molecule has 2 rings (SSSR count). The first-order chi connectivity index (χ1) is 8.56. The zero-order valence-corrected chi connectivity index (χ0v) is 11.6. The number of carbonyl (C=O) groups excluding carboxylic acids is 1. The van der Waals surface area contributed by atoms with Crippen molar-refractivity contribution in [2.75, 3.05) is 5.75 Å². The standard InChI is InChI=1S/C14H19NO2S/c1-3-13(4-2)12(16)15-14(17,10-18-13)11-8-6-5-7-9-11/h5-9,17H,3-4,10H2,1-2H3,(H,15,16)/t14-/m1/s1. The molecule has 1 aliphatic rings. The maximum atomic E-state index is 12.3. The quantitative estimate of drug-likeness (QED) is 0.881. The van der Waals surface area contributed by atoms with Crippen LogP contribution in [0, 0.1) is 0 Å². The lowest BCUT2D eigenvalue weighted by Crippen LogP contribution is -2.59. The van der Waals surface area contributed by atoms with E-state index in [9.17, 15) is 9.90 Å². The van der Waals surface area contributed by atoms with Crippen LogP contribution in [0.1, 0.15) is 32.3 Å². The van der Waals surface area contributed by atoms with Gasteiger partial charge in [-0.15, -0.1) is 11.8 Å². The Morgan fingerprint density at radius 2 is 1.89 bits per heavy atom. The third kappa shape index (κ3) is 2.15. The normalized spacial score (nSPS) is 26.7. The van der Waals surface area contributed by atoms with E-state index in [0.29, 0.717) is 5.75 Å². The van der Waals surface area contributed by atoms with E-state index in [-0.39, 0.29) is 10.7 Å². The molecule has 1 saturated heterocycles. The van der Waals surface area contributed by atoms with Gasteiger partial charge in [0.25, 0.3) is 0 Å². The molecule has 0 saturated carbocycles. The van der Waals surface area contributed by atoms with Crippen LogP contribution in [0.5, 0.6) is 0 Å². The largest absolute Gasteiger partial charge is 0.366 e. The number of thioether (sulfide) groups is 1. The molecule has 1 heterocycles. The van der Waals surface area contributed by atoms with Crippen molar-refractivity contribution in [3.8, 4) is 0 Å². The number of nitrogens with one attached hydrogen (secondary N) is 1. The Morgan fingerprint density at radius 3 is 2.39 bits per heavy atom. The highest BCUT2D eigenvalue weighted by molar-refractivity contribution is 8.01. The first-order valence-corrected chi connectivity index (χ1v) is 7.29. The summed E-state index contributed by atoms with van der Waals surface area (Å²) >= 11 is 1.56. The van der Waals surface area contributed by atoms with Crippen LogP contribution in [0.2, 0.25) is 0 Å². The molecule has 98 valence electrons. The van der Waals surface area contributed by atoms with Gasteiger partial charge >= 0.3 is 0 Å². The van der Waals surface area contributed by atoms with Gasteiger partial charge in [-0.3, -0.25) is 4.79 Å². The summed E-state index contributed by atoms with van der Waals surface area (Å²) in [6.07, 6.45) is 1.57. The molecule has 3 nitrogen and oxygen atoms in total. The number of amides is 1. The Kier molecular flexibility index (Phi) is 3.69. The van der Waals surface area contributed by atoms with Crippen LogP contribution >= 0.6 is 11.8 Å². The van der Waals surface area contributed by atoms with E-state index < -0.39 is 5.72 Å². The maximum Gasteiger partial charge on any atom is 0.238 e. The van der Waals surface area contributed by atoms with Gasteiger partial charge in [0.2, 0.25) is 5.91 Å². The number of rotatable bonds is 3. The van der Waals surface area contributed by atoms with Gasteiger partial charge in [-0.2, -0.15) is 0 Å². The molecule has 1 aliphatic heterocycles. The predicted octanol–water partition coefficient (Wildman–Crippen LogP) is 2.25. The minimum Gasteiger partial charge on any atom is -0.366 e. The van der Waals surface area contributed by atoms with Crippen LogP contribution in [0.3, 0.4) is 0 Å². The molecule has 0 aromatic heterocycles. The molecule has 0 bridgehead atoms. The van der Waals surface area contributed by atoms with Gasteiger partial charge < -0.3 is 10.4 Å². The number of benzene rings is 1. The molecule has 1 aromatic carbocycles. The summed E-state index contributed by atoms with van der Waals surface area (Å²) < 4.78 is -0.388. The second-order valence-corrected chi connectivity index (χ2v) is 6.03. The van der Waals surface area contributed by atoms with E-state index >= 15 is 0 Å². The first kappa shape index (κ1) is 13.4. The van der Waals surface area contributed by atoms with Crippen molar-refractivity contribution in [1.82, 2.24) is 5.32 Å². The highest BCUT2D eigenvalue weighted by atomic mass is 32.2. The minimum absolute atomic E-state index is 0.0601. The van der Waals surface area contributed by atoms with Gasteiger partial charge in [0, 0.05) is 11.3 Å². The van der Waals surface area contributed by atoms with Crippen LogP contribution in [-0.2, 0) is 10.5 Å².